The summed E-state index contributed by atoms with van der Waals surface area (Å²) in [6.45, 7) is 8.89. The second kappa shape index (κ2) is 7.73. The molecule has 0 spiro atoms. The maximum Gasteiger partial charge on any atom is 0.252 e. The van der Waals surface area contributed by atoms with Gasteiger partial charge >= 0.3 is 0 Å². The van der Waals surface area contributed by atoms with E-state index in [1.54, 1.807) is 0 Å². The van der Waals surface area contributed by atoms with Crippen LogP contribution in [0.15, 0.2) is 30.3 Å². The summed E-state index contributed by atoms with van der Waals surface area (Å²) in [5, 5.41) is 8.72. The molecule has 0 aliphatic heterocycles. The average Bonchev–Trinajstić information content (AvgIpc) is 3.43. The minimum absolute atomic E-state index is 0.0551. The SMILES string of the molecule is Cc1nn(C(C)(C)C)c2nc(C3CC3)cc(C(=O)NCCCc3nc4ccccc4[nH]3)c12. The molecule has 0 atom stereocenters. The summed E-state index contributed by atoms with van der Waals surface area (Å²) in [5.41, 5.74) is 5.17. The van der Waals surface area contributed by atoms with Gasteiger partial charge in [-0.25, -0.2) is 14.6 Å². The summed E-state index contributed by atoms with van der Waals surface area (Å²) in [6.07, 6.45) is 3.88. The van der Waals surface area contributed by atoms with E-state index in [4.69, 9.17) is 10.1 Å². The molecule has 1 aliphatic rings. The van der Waals surface area contributed by atoms with E-state index in [1.807, 2.05) is 41.9 Å². The molecule has 4 aromatic rings. The molecule has 0 saturated heterocycles. The number of nitrogens with zero attached hydrogens (tertiary/aromatic N) is 4. The van der Waals surface area contributed by atoms with Crippen LogP contribution in [0, 0.1) is 6.92 Å². The molecule has 7 nitrogen and oxygen atoms in total. The molecule has 2 N–H and O–H groups in total. The molecule has 3 heterocycles. The molecule has 1 amide bonds. The zero-order valence-electron chi connectivity index (χ0n) is 19.2. The normalized spacial score (nSPS) is 14.4. The fraction of sp³-hybridized carbons (Fsp3) is 0.440. The summed E-state index contributed by atoms with van der Waals surface area (Å²) in [7, 11) is 0. The molecule has 7 heteroatoms. The van der Waals surface area contributed by atoms with E-state index >= 15 is 0 Å². The minimum atomic E-state index is -0.206. The van der Waals surface area contributed by atoms with Gasteiger partial charge < -0.3 is 10.3 Å². The highest BCUT2D eigenvalue weighted by Gasteiger charge is 2.30. The molecule has 1 aliphatic carbocycles. The van der Waals surface area contributed by atoms with E-state index in [0.717, 1.165) is 65.0 Å². The molecule has 1 aromatic carbocycles. The van der Waals surface area contributed by atoms with Gasteiger partial charge in [-0.15, -0.1) is 0 Å². The van der Waals surface area contributed by atoms with Crippen LogP contribution in [0.25, 0.3) is 22.1 Å². The Balaban J connectivity index is 1.35. The molecule has 1 fully saturated rings. The molecule has 0 bridgehead atoms. The monoisotopic (exact) mass is 430 g/mol. The number of pyridine rings is 1. The fourth-order valence-electron chi connectivity index (χ4n) is 4.22. The first-order valence-corrected chi connectivity index (χ1v) is 11.4. The fourth-order valence-corrected chi connectivity index (χ4v) is 4.22. The molecule has 5 rings (SSSR count). The third-order valence-electron chi connectivity index (χ3n) is 6.02. The van der Waals surface area contributed by atoms with Crippen LogP contribution in [0.1, 0.15) is 73.5 Å². The topological polar surface area (TPSA) is 88.5 Å². The van der Waals surface area contributed by atoms with Crippen molar-refractivity contribution < 1.29 is 4.79 Å². The summed E-state index contributed by atoms with van der Waals surface area (Å²) >= 11 is 0. The third kappa shape index (κ3) is 3.87. The van der Waals surface area contributed by atoms with Crippen LogP contribution < -0.4 is 5.32 Å². The number of carbonyl (C=O) groups excluding carboxylic acids is 1. The van der Waals surface area contributed by atoms with Gasteiger partial charge in [0, 0.05) is 24.6 Å². The lowest BCUT2D eigenvalue weighted by Crippen LogP contribution is -2.26. The summed E-state index contributed by atoms with van der Waals surface area (Å²) in [4.78, 5) is 26.1. The highest BCUT2D eigenvalue weighted by molar-refractivity contribution is 6.06. The number of hydrogen-bond donors (Lipinski definition) is 2. The smallest absolute Gasteiger partial charge is 0.252 e. The summed E-state index contributed by atoms with van der Waals surface area (Å²) < 4.78 is 1.96. The number of H-pyrrole nitrogens is 1. The molecular weight excluding hydrogens is 400 g/mol. The molecule has 0 unspecified atom stereocenters. The summed E-state index contributed by atoms with van der Waals surface area (Å²) in [5.74, 6) is 1.35. The van der Waals surface area contributed by atoms with E-state index in [-0.39, 0.29) is 11.4 Å². The first-order chi connectivity index (χ1) is 15.3. The number of aryl methyl sites for hydroxylation is 2. The van der Waals surface area contributed by atoms with Crippen molar-refractivity contribution in [2.45, 2.75) is 64.8 Å². The number of aromatic amines is 1. The number of amides is 1. The quantitative estimate of drug-likeness (QED) is 0.437. The second-order valence-corrected chi connectivity index (χ2v) is 9.80. The average molecular weight is 431 g/mol. The van der Waals surface area contributed by atoms with E-state index in [2.05, 4.69) is 36.1 Å². The Morgan fingerprint density at radius 1 is 1.22 bits per heavy atom. The number of hydrogen-bond acceptors (Lipinski definition) is 4. The van der Waals surface area contributed by atoms with Crippen molar-refractivity contribution in [2.24, 2.45) is 0 Å². The van der Waals surface area contributed by atoms with Crippen molar-refractivity contribution in [1.29, 1.82) is 0 Å². The van der Waals surface area contributed by atoms with Crippen LogP contribution in [0.5, 0.6) is 0 Å². The van der Waals surface area contributed by atoms with Gasteiger partial charge in [0.2, 0.25) is 0 Å². The Morgan fingerprint density at radius 3 is 2.72 bits per heavy atom. The van der Waals surface area contributed by atoms with Gasteiger partial charge in [-0.1, -0.05) is 12.1 Å². The van der Waals surface area contributed by atoms with Gasteiger partial charge in [0.1, 0.15) is 5.82 Å². The number of nitrogens with one attached hydrogen (secondary N) is 2. The van der Waals surface area contributed by atoms with Crippen LogP contribution >= 0.6 is 0 Å². The summed E-state index contributed by atoms with van der Waals surface area (Å²) in [6, 6.07) is 10.0. The zero-order chi connectivity index (χ0) is 22.5. The number of benzene rings is 1. The van der Waals surface area contributed by atoms with Gasteiger partial charge in [-0.3, -0.25) is 4.79 Å². The Hall–Kier alpha value is -3.22. The molecule has 1 saturated carbocycles. The van der Waals surface area contributed by atoms with Crippen molar-refractivity contribution in [1.82, 2.24) is 30.0 Å². The number of para-hydroxylation sites is 2. The first-order valence-electron chi connectivity index (χ1n) is 11.4. The molecule has 3 aromatic heterocycles. The van der Waals surface area contributed by atoms with Crippen LogP contribution in [-0.4, -0.2) is 37.2 Å². The maximum absolute atomic E-state index is 13.2. The Kier molecular flexibility index (Phi) is 4.99. The number of imidazole rings is 1. The molecule has 166 valence electrons. The van der Waals surface area contributed by atoms with Gasteiger partial charge in [-0.2, -0.15) is 5.10 Å². The van der Waals surface area contributed by atoms with Crippen LogP contribution in [-0.2, 0) is 12.0 Å². The lowest BCUT2D eigenvalue weighted by molar-refractivity contribution is 0.0954. The third-order valence-corrected chi connectivity index (χ3v) is 6.02. The molecule has 32 heavy (non-hydrogen) atoms. The lowest BCUT2D eigenvalue weighted by atomic mass is 10.1. The van der Waals surface area contributed by atoms with Crippen molar-refractivity contribution in [3.05, 3.63) is 53.1 Å². The zero-order valence-corrected chi connectivity index (χ0v) is 19.2. The lowest BCUT2D eigenvalue weighted by Gasteiger charge is -2.20. The second-order valence-electron chi connectivity index (χ2n) is 9.80. The van der Waals surface area contributed by atoms with E-state index < -0.39 is 0 Å². The largest absolute Gasteiger partial charge is 0.352 e. The minimum Gasteiger partial charge on any atom is -0.352 e. The van der Waals surface area contributed by atoms with Crippen molar-refractivity contribution >= 4 is 28.0 Å². The van der Waals surface area contributed by atoms with Gasteiger partial charge in [0.25, 0.3) is 5.91 Å². The van der Waals surface area contributed by atoms with Crippen LogP contribution in [0.4, 0.5) is 0 Å². The Bertz CT molecular complexity index is 1270. The van der Waals surface area contributed by atoms with Crippen molar-refractivity contribution in [3.63, 3.8) is 0 Å². The highest BCUT2D eigenvalue weighted by Crippen LogP contribution is 2.41. The van der Waals surface area contributed by atoms with Crippen molar-refractivity contribution in [2.75, 3.05) is 6.54 Å². The first kappa shape index (κ1) is 20.7. The predicted octanol–water partition coefficient (Wildman–Crippen LogP) is 4.61. The number of fused-ring (bicyclic) bond motifs is 2. The molecular formula is C25H30N6O. The maximum atomic E-state index is 13.2. The number of aromatic nitrogens is 5. The molecule has 0 radical (unpaired) electrons. The van der Waals surface area contributed by atoms with Crippen LogP contribution in [0.2, 0.25) is 0 Å². The highest BCUT2D eigenvalue weighted by atomic mass is 16.1. The van der Waals surface area contributed by atoms with Gasteiger partial charge in [0.05, 0.1) is 33.2 Å². The van der Waals surface area contributed by atoms with E-state index in [9.17, 15) is 4.79 Å². The van der Waals surface area contributed by atoms with Gasteiger partial charge in [-0.05, 0) is 65.2 Å². The van der Waals surface area contributed by atoms with Crippen molar-refractivity contribution in [3.8, 4) is 0 Å². The number of carbonyl (C=O) groups is 1. The van der Waals surface area contributed by atoms with E-state index in [1.165, 1.54) is 0 Å². The van der Waals surface area contributed by atoms with Gasteiger partial charge in [0.15, 0.2) is 5.65 Å². The Morgan fingerprint density at radius 2 is 2.00 bits per heavy atom. The number of rotatable bonds is 6. The Labute approximate surface area is 187 Å². The van der Waals surface area contributed by atoms with Crippen LogP contribution in [0.3, 0.4) is 0 Å². The van der Waals surface area contributed by atoms with E-state index in [0.29, 0.717) is 18.0 Å². The standard InChI is InChI=1S/C25H30N6O/c1-15-22-17(14-20(16-11-12-16)29-23(22)31(30-15)25(2,3)4)24(32)26-13-7-10-21-27-18-8-5-6-9-19(18)28-21/h5-6,8-9,14,16H,7,10-13H2,1-4H3,(H,26,32)(H,27,28). The predicted molar refractivity (Wildman–Crippen MR) is 126 cm³/mol.